The standard InChI is InChI=1S/C29H36N4O5/c1-4-7-12-26-31-18-23(17-30-25-11-9-8-10-24(25)28(35)36)33(26)19-21-13-15-22(16-14-21)29(37)38-20-27(34)32(5-2)6-3/h8-11,13-16,18,30H,4-7,12,17,19-20H2,1-3H3,(H,35,36). The number of carbonyl (C=O) groups excluding carboxylic acids is 2. The lowest BCUT2D eigenvalue weighted by Crippen LogP contribution is -2.34. The maximum atomic E-state index is 12.4. The second-order valence-corrected chi connectivity index (χ2v) is 8.90. The molecule has 38 heavy (non-hydrogen) atoms. The first kappa shape index (κ1) is 28.4. The molecule has 0 unspecified atom stereocenters. The van der Waals surface area contributed by atoms with Crippen LogP contribution >= 0.6 is 0 Å². The first-order chi connectivity index (χ1) is 18.4. The number of nitrogens with one attached hydrogen (secondary N) is 1. The molecule has 0 saturated heterocycles. The number of ether oxygens (including phenoxy) is 1. The van der Waals surface area contributed by atoms with Gasteiger partial charge in [-0.25, -0.2) is 14.6 Å². The van der Waals surface area contributed by atoms with Crippen LogP contribution in [0.5, 0.6) is 0 Å². The van der Waals surface area contributed by atoms with Gasteiger partial charge < -0.3 is 24.6 Å². The summed E-state index contributed by atoms with van der Waals surface area (Å²) in [7, 11) is 0. The monoisotopic (exact) mass is 520 g/mol. The molecule has 2 aromatic carbocycles. The van der Waals surface area contributed by atoms with Crippen molar-refractivity contribution >= 4 is 23.5 Å². The van der Waals surface area contributed by atoms with Crippen molar-refractivity contribution in [2.24, 2.45) is 0 Å². The summed E-state index contributed by atoms with van der Waals surface area (Å²) in [6.07, 6.45) is 4.69. The molecule has 0 aliphatic carbocycles. The molecule has 0 fully saturated rings. The van der Waals surface area contributed by atoms with Crippen molar-refractivity contribution in [2.45, 2.75) is 53.1 Å². The molecule has 2 N–H and O–H groups in total. The van der Waals surface area contributed by atoms with Crippen molar-refractivity contribution in [2.75, 3.05) is 25.0 Å². The number of esters is 1. The van der Waals surface area contributed by atoms with E-state index in [1.54, 1.807) is 41.3 Å². The lowest BCUT2D eigenvalue weighted by atomic mass is 10.1. The fraction of sp³-hybridized carbons (Fsp3) is 0.379. The number of anilines is 1. The van der Waals surface area contributed by atoms with E-state index in [2.05, 4.69) is 21.8 Å². The molecule has 0 spiro atoms. The first-order valence-corrected chi connectivity index (χ1v) is 13.0. The van der Waals surface area contributed by atoms with Crippen LogP contribution in [-0.2, 0) is 29.0 Å². The summed E-state index contributed by atoms with van der Waals surface area (Å²) in [5.74, 6) is -0.785. The third-order valence-electron chi connectivity index (χ3n) is 6.37. The van der Waals surface area contributed by atoms with Crippen molar-refractivity contribution in [1.29, 1.82) is 0 Å². The van der Waals surface area contributed by atoms with Gasteiger partial charge in [-0.2, -0.15) is 0 Å². The molecule has 9 heteroatoms. The van der Waals surface area contributed by atoms with Crippen LogP contribution in [0, 0.1) is 0 Å². The fourth-order valence-electron chi connectivity index (χ4n) is 4.14. The van der Waals surface area contributed by atoms with Gasteiger partial charge in [-0.1, -0.05) is 37.6 Å². The first-order valence-electron chi connectivity index (χ1n) is 13.0. The molecule has 1 heterocycles. The van der Waals surface area contributed by atoms with Gasteiger partial charge >= 0.3 is 11.9 Å². The highest BCUT2D eigenvalue weighted by Gasteiger charge is 2.16. The number of carboxylic acids is 1. The summed E-state index contributed by atoms with van der Waals surface area (Å²) >= 11 is 0. The largest absolute Gasteiger partial charge is 0.478 e. The second kappa shape index (κ2) is 14.0. The second-order valence-electron chi connectivity index (χ2n) is 8.90. The predicted octanol–water partition coefficient (Wildman–Crippen LogP) is 4.61. The molecule has 0 radical (unpaired) electrons. The van der Waals surface area contributed by atoms with E-state index in [-0.39, 0.29) is 18.1 Å². The quantitative estimate of drug-likeness (QED) is 0.298. The van der Waals surface area contributed by atoms with Crippen LogP contribution in [0.3, 0.4) is 0 Å². The summed E-state index contributed by atoms with van der Waals surface area (Å²) in [5.41, 5.74) is 3.04. The third-order valence-corrected chi connectivity index (χ3v) is 6.37. The average Bonchev–Trinajstić information content (AvgIpc) is 3.31. The maximum absolute atomic E-state index is 12.4. The van der Waals surface area contributed by atoms with Crippen LogP contribution in [0.15, 0.2) is 54.7 Å². The zero-order valence-corrected chi connectivity index (χ0v) is 22.3. The van der Waals surface area contributed by atoms with Gasteiger partial charge in [0.1, 0.15) is 5.82 Å². The molecule has 1 amide bonds. The number of aromatic nitrogens is 2. The Morgan fingerprint density at radius 2 is 1.74 bits per heavy atom. The molecule has 9 nitrogen and oxygen atoms in total. The van der Waals surface area contributed by atoms with Gasteiger partial charge in [0, 0.05) is 31.7 Å². The molecule has 202 valence electrons. The highest BCUT2D eigenvalue weighted by molar-refractivity contribution is 5.94. The minimum atomic E-state index is -0.985. The molecule has 0 aliphatic rings. The van der Waals surface area contributed by atoms with Gasteiger partial charge in [-0.05, 0) is 50.1 Å². The van der Waals surface area contributed by atoms with Gasteiger partial charge in [0.15, 0.2) is 6.61 Å². The highest BCUT2D eigenvalue weighted by Crippen LogP contribution is 2.19. The van der Waals surface area contributed by atoms with Crippen LogP contribution in [0.25, 0.3) is 0 Å². The molecule has 3 aromatic rings. The van der Waals surface area contributed by atoms with Crippen LogP contribution < -0.4 is 5.32 Å². The Bertz CT molecular complexity index is 1230. The van der Waals surface area contributed by atoms with Gasteiger partial charge in [0.05, 0.1) is 29.6 Å². The molecule has 0 atom stereocenters. The molecular formula is C29H36N4O5. The number of para-hydroxylation sites is 1. The van der Waals surface area contributed by atoms with E-state index in [1.165, 1.54) is 0 Å². The van der Waals surface area contributed by atoms with E-state index in [9.17, 15) is 19.5 Å². The van der Waals surface area contributed by atoms with Gasteiger partial charge in [0.25, 0.3) is 5.91 Å². The summed E-state index contributed by atoms with van der Waals surface area (Å²) in [5, 5.41) is 12.7. The average molecular weight is 521 g/mol. The Kier molecular flexibility index (Phi) is 10.5. The zero-order chi connectivity index (χ0) is 27.5. The van der Waals surface area contributed by atoms with Crippen LogP contribution in [-0.4, -0.2) is 57.1 Å². The Hall–Kier alpha value is -4.14. The molecule has 1 aromatic heterocycles. The number of hydrogen-bond donors (Lipinski definition) is 2. The normalized spacial score (nSPS) is 10.7. The van der Waals surface area contributed by atoms with Crippen molar-refractivity contribution < 1.29 is 24.2 Å². The number of likely N-dealkylation sites (N-methyl/N-ethyl adjacent to an activating group) is 1. The number of amides is 1. The zero-order valence-electron chi connectivity index (χ0n) is 22.3. The summed E-state index contributed by atoms with van der Waals surface area (Å²) in [4.78, 5) is 42.4. The van der Waals surface area contributed by atoms with Crippen molar-refractivity contribution in [3.63, 3.8) is 0 Å². The van der Waals surface area contributed by atoms with E-state index < -0.39 is 11.9 Å². The smallest absolute Gasteiger partial charge is 0.338 e. The highest BCUT2D eigenvalue weighted by atomic mass is 16.5. The SMILES string of the molecule is CCCCc1ncc(CNc2ccccc2C(=O)O)n1Cc1ccc(C(=O)OCC(=O)N(CC)CC)cc1. The lowest BCUT2D eigenvalue weighted by Gasteiger charge is -2.18. The lowest BCUT2D eigenvalue weighted by molar-refractivity contribution is -0.134. The Balaban J connectivity index is 1.71. The van der Waals surface area contributed by atoms with Gasteiger partial charge in [0.2, 0.25) is 0 Å². The molecule has 0 aliphatic heterocycles. The predicted molar refractivity (Wildman–Crippen MR) is 145 cm³/mol. The minimum absolute atomic E-state index is 0.214. The number of aryl methyl sites for hydroxylation is 1. The summed E-state index contributed by atoms with van der Waals surface area (Å²) in [6, 6.07) is 13.9. The van der Waals surface area contributed by atoms with Crippen molar-refractivity contribution in [3.05, 3.63) is 82.9 Å². The van der Waals surface area contributed by atoms with Crippen LogP contribution in [0.2, 0.25) is 0 Å². The topological polar surface area (TPSA) is 114 Å². The number of benzene rings is 2. The van der Waals surface area contributed by atoms with E-state index in [0.717, 1.165) is 36.3 Å². The van der Waals surface area contributed by atoms with E-state index in [1.807, 2.05) is 32.2 Å². The number of imidazole rings is 1. The van der Waals surface area contributed by atoms with Crippen molar-refractivity contribution in [3.8, 4) is 0 Å². The number of unbranched alkanes of at least 4 members (excludes halogenated alkanes) is 1. The summed E-state index contributed by atoms with van der Waals surface area (Å²) in [6.45, 7) is 7.71. The van der Waals surface area contributed by atoms with Crippen LogP contribution in [0.4, 0.5) is 5.69 Å². The molecule has 0 saturated carbocycles. The Labute approximate surface area is 223 Å². The summed E-state index contributed by atoms with van der Waals surface area (Å²) < 4.78 is 7.33. The Morgan fingerprint density at radius 3 is 2.39 bits per heavy atom. The van der Waals surface area contributed by atoms with Gasteiger partial charge in [-0.15, -0.1) is 0 Å². The van der Waals surface area contributed by atoms with Crippen molar-refractivity contribution in [1.82, 2.24) is 14.5 Å². The van der Waals surface area contributed by atoms with Crippen LogP contribution in [0.1, 0.15) is 71.4 Å². The van der Waals surface area contributed by atoms with E-state index >= 15 is 0 Å². The van der Waals surface area contributed by atoms with E-state index in [4.69, 9.17) is 4.74 Å². The van der Waals surface area contributed by atoms with Gasteiger partial charge in [-0.3, -0.25) is 4.79 Å². The number of carboxylic acid groups (broad SMARTS) is 1. The Morgan fingerprint density at radius 1 is 1.03 bits per heavy atom. The number of carbonyl (C=O) groups is 3. The minimum Gasteiger partial charge on any atom is -0.478 e. The number of nitrogens with zero attached hydrogens (tertiary/aromatic N) is 3. The van der Waals surface area contributed by atoms with E-state index in [0.29, 0.717) is 37.4 Å². The maximum Gasteiger partial charge on any atom is 0.338 e. The molecular weight excluding hydrogens is 484 g/mol. The fourth-order valence-corrected chi connectivity index (χ4v) is 4.14. The number of rotatable bonds is 14. The number of hydrogen-bond acceptors (Lipinski definition) is 6. The molecule has 0 bridgehead atoms. The number of aromatic carboxylic acids is 1. The molecule has 3 rings (SSSR count). The third kappa shape index (κ3) is 7.44.